The van der Waals surface area contributed by atoms with E-state index in [1.807, 2.05) is 19.1 Å². The third-order valence-corrected chi connectivity index (χ3v) is 4.09. The van der Waals surface area contributed by atoms with Gasteiger partial charge in [0.05, 0.1) is 18.6 Å². The van der Waals surface area contributed by atoms with Crippen LogP contribution in [-0.4, -0.2) is 47.4 Å². The summed E-state index contributed by atoms with van der Waals surface area (Å²) in [4.78, 5) is 11.8. The number of ether oxygens (including phenoxy) is 1. The first kappa shape index (κ1) is 17.5. The Kier molecular flexibility index (Phi) is 6.64. The molecule has 1 aromatic rings. The van der Waals surface area contributed by atoms with Crippen molar-refractivity contribution in [2.45, 2.75) is 13.3 Å². The Labute approximate surface area is 126 Å². The molecule has 7 heteroatoms. The average Bonchev–Trinajstić information content (AvgIpc) is 2.44. The number of carbonyl (C=O) groups is 1. The summed E-state index contributed by atoms with van der Waals surface area (Å²) in [6, 6.07) is 7.14. The van der Waals surface area contributed by atoms with Crippen LogP contribution in [0, 0.1) is 0 Å². The predicted octanol–water partition coefficient (Wildman–Crippen LogP) is 0.778. The number of hydrogen-bond donors (Lipinski definition) is 1. The molecule has 0 fully saturated rings. The van der Waals surface area contributed by atoms with Gasteiger partial charge >= 0.3 is 0 Å². The van der Waals surface area contributed by atoms with Crippen LogP contribution < -0.4 is 9.62 Å². The zero-order valence-corrected chi connectivity index (χ0v) is 13.4. The number of anilines is 1. The average molecular weight is 314 g/mol. The lowest BCUT2D eigenvalue weighted by atomic mass is 10.1. The molecular formula is C14H22N2O4S. The molecular weight excluding hydrogens is 292 g/mol. The first-order chi connectivity index (χ1) is 9.88. The summed E-state index contributed by atoms with van der Waals surface area (Å²) in [5.74, 6) is -0.364. The molecule has 0 saturated carbocycles. The molecule has 0 bridgehead atoms. The number of methoxy groups -OCH3 is 1. The van der Waals surface area contributed by atoms with E-state index in [2.05, 4.69) is 5.32 Å². The minimum Gasteiger partial charge on any atom is -0.383 e. The van der Waals surface area contributed by atoms with Crippen LogP contribution in [0.4, 0.5) is 5.69 Å². The standard InChI is InChI=1S/C14H22N2O4S/c1-4-12-5-7-13(8-6-12)16(21(3,18)19)11-14(17)15-9-10-20-2/h5-8H,4,9-11H2,1-3H3,(H,15,17). The number of nitrogens with zero attached hydrogens (tertiary/aromatic N) is 1. The maximum absolute atomic E-state index is 11.9. The molecule has 1 rings (SSSR count). The van der Waals surface area contributed by atoms with E-state index in [4.69, 9.17) is 4.74 Å². The topological polar surface area (TPSA) is 75.7 Å². The molecule has 0 spiro atoms. The van der Waals surface area contributed by atoms with Crippen LogP contribution in [0.25, 0.3) is 0 Å². The van der Waals surface area contributed by atoms with E-state index in [9.17, 15) is 13.2 Å². The van der Waals surface area contributed by atoms with E-state index in [1.165, 1.54) is 7.11 Å². The highest BCUT2D eigenvalue weighted by Gasteiger charge is 2.20. The number of carbonyl (C=O) groups excluding carboxylic acids is 1. The largest absolute Gasteiger partial charge is 0.383 e. The van der Waals surface area contributed by atoms with E-state index in [-0.39, 0.29) is 12.5 Å². The highest BCUT2D eigenvalue weighted by Crippen LogP contribution is 2.18. The molecule has 0 radical (unpaired) electrons. The van der Waals surface area contributed by atoms with Gasteiger partial charge in [-0.25, -0.2) is 8.42 Å². The van der Waals surface area contributed by atoms with Crippen LogP contribution >= 0.6 is 0 Å². The zero-order chi connectivity index (χ0) is 15.9. The van der Waals surface area contributed by atoms with Crippen LogP contribution in [0.15, 0.2) is 24.3 Å². The van der Waals surface area contributed by atoms with Crippen LogP contribution in [-0.2, 0) is 26.0 Å². The van der Waals surface area contributed by atoms with Gasteiger partial charge in [0.1, 0.15) is 6.54 Å². The van der Waals surface area contributed by atoms with Gasteiger partial charge in [0.25, 0.3) is 0 Å². The molecule has 21 heavy (non-hydrogen) atoms. The van der Waals surface area contributed by atoms with Crippen molar-refractivity contribution in [1.29, 1.82) is 0 Å². The summed E-state index contributed by atoms with van der Waals surface area (Å²) in [6.45, 7) is 2.51. The van der Waals surface area contributed by atoms with Gasteiger partial charge in [0.15, 0.2) is 0 Å². The second-order valence-electron chi connectivity index (χ2n) is 4.63. The van der Waals surface area contributed by atoms with Crippen molar-refractivity contribution in [1.82, 2.24) is 5.32 Å². The summed E-state index contributed by atoms with van der Waals surface area (Å²) in [5.41, 5.74) is 1.59. The van der Waals surface area contributed by atoms with E-state index in [0.717, 1.165) is 22.5 Å². The minimum absolute atomic E-state index is 0.242. The fourth-order valence-corrected chi connectivity index (χ4v) is 2.63. The number of benzene rings is 1. The van der Waals surface area contributed by atoms with Crippen LogP contribution in [0.3, 0.4) is 0 Å². The Morgan fingerprint density at radius 3 is 2.38 bits per heavy atom. The maximum Gasteiger partial charge on any atom is 0.240 e. The number of sulfonamides is 1. The lowest BCUT2D eigenvalue weighted by Gasteiger charge is -2.22. The maximum atomic E-state index is 11.9. The van der Waals surface area contributed by atoms with Crippen molar-refractivity contribution in [3.63, 3.8) is 0 Å². The Bertz CT molecular complexity index is 555. The van der Waals surface area contributed by atoms with E-state index >= 15 is 0 Å². The van der Waals surface area contributed by atoms with Gasteiger partial charge in [-0.05, 0) is 24.1 Å². The van der Waals surface area contributed by atoms with Crippen LogP contribution in [0.1, 0.15) is 12.5 Å². The lowest BCUT2D eigenvalue weighted by molar-refractivity contribution is -0.119. The second-order valence-corrected chi connectivity index (χ2v) is 6.54. The van der Waals surface area contributed by atoms with Gasteiger partial charge in [-0.15, -0.1) is 0 Å². The van der Waals surface area contributed by atoms with E-state index in [1.54, 1.807) is 12.1 Å². The molecule has 0 aliphatic carbocycles. The normalized spacial score (nSPS) is 11.2. The molecule has 1 aromatic carbocycles. The zero-order valence-electron chi connectivity index (χ0n) is 12.6. The monoisotopic (exact) mass is 314 g/mol. The molecule has 118 valence electrons. The second kappa shape index (κ2) is 7.99. The first-order valence-electron chi connectivity index (χ1n) is 6.70. The highest BCUT2D eigenvalue weighted by molar-refractivity contribution is 7.92. The Morgan fingerprint density at radius 1 is 1.29 bits per heavy atom. The summed E-state index contributed by atoms with van der Waals surface area (Å²) >= 11 is 0. The summed E-state index contributed by atoms with van der Waals surface area (Å²) < 4.78 is 29.7. The van der Waals surface area contributed by atoms with Crippen molar-refractivity contribution < 1.29 is 17.9 Å². The summed E-state index contributed by atoms with van der Waals surface area (Å²) in [5, 5.41) is 2.61. The summed E-state index contributed by atoms with van der Waals surface area (Å²) in [7, 11) is -1.99. The number of rotatable bonds is 8. The van der Waals surface area contributed by atoms with Crippen molar-refractivity contribution in [3.05, 3.63) is 29.8 Å². The third-order valence-electron chi connectivity index (χ3n) is 2.95. The van der Waals surface area contributed by atoms with Gasteiger partial charge in [0, 0.05) is 13.7 Å². The number of aryl methyl sites for hydroxylation is 1. The Balaban J connectivity index is 2.83. The Hall–Kier alpha value is -1.60. The van der Waals surface area contributed by atoms with Crippen molar-refractivity contribution in [2.75, 3.05) is 37.4 Å². The van der Waals surface area contributed by atoms with Crippen molar-refractivity contribution >= 4 is 21.6 Å². The van der Waals surface area contributed by atoms with Crippen LogP contribution in [0.2, 0.25) is 0 Å². The summed E-state index contributed by atoms with van der Waals surface area (Å²) in [6.07, 6.45) is 1.96. The fourth-order valence-electron chi connectivity index (χ4n) is 1.78. The first-order valence-corrected chi connectivity index (χ1v) is 8.55. The molecule has 6 nitrogen and oxygen atoms in total. The number of amides is 1. The quantitative estimate of drug-likeness (QED) is 0.719. The molecule has 1 amide bonds. The molecule has 0 heterocycles. The lowest BCUT2D eigenvalue weighted by Crippen LogP contribution is -2.41. The van der Waals surface area contributed by atoms with E-state index < -0.39 is 10.0 Å². The molecule has 1 N–H and O–H groups in total. The fraction of sp³-hybridized carbons (Fsp3) is 0.500. The molecule has 0 aliphatic rings. The highest BCUT2D eigenvalue weighted by atomic mass is 32.2. The minimum atomic E-state index is -3.52. The smallest absolute Gasteiger partial charge is 0.240 e. The third kappa shape index (κ3) is 5.73. The van der Waals surface area contributed by atoms with Gasteiger partial charge in [-0.1, -0.05) is 19.1 Å². The van der Waals surface area contributed by atoms with Gasteiger partial charge in [0.2, 0.25) is 15.9 Å². The van der Waals surface area contributed by atoms with Gasteiger partial charge < -0.3 is 10.1 Å². The molecule has 0 aliphatic heterocycles. The molecule has 0 aromatic heterocycles. The SMILES string of the molecule is CCc1ccc(N(CC(=O)NCCOC)S(C)(=O)=O)cc1. The molecule has 0 unspecified atom stereocenters. The van der Waals surface area contributed by atoms with Crippen LogP contribution in [0.5, 0.6) is 0 Å². The predicted molar refractivity (Wildman–Crippen MR) is 82.9 cm³/mol. The van der Waals surface area contributed by atoms with Gasteiger partial charge in [-0.3, -0.25) is 9.10 Å². The van der Waals surface area contributed by atoms with E-state index in [0.29, 0.717) is 18.8 Å². The molecule has 0 saturated heterocycles. The number of nitrogens with one attached hydrogen (secondary N) is 1. The van der Waals surface area contributed by atoms with Crippen molar-refractivity contribution in [3.8, 4) is 0 Å². The van der Waals surface area contributed by atoms with Gasteiger partial charge in [-0.2, -0.15) is 0 Å². The molecule has 0 atom stereocenters. The number of hydrogen-bond acceptors (Lipinski definition) is 4. The Morgan fingerprint density at radius 2 is 1.90 bits per heavy atom. The van der Waals surface area contributed by atoms with Crippen molar-refractivity contribution in [2.24, 2.45) is 0 Å².